The number of unbranched alkanes of at least 4 members (excludes halogenated alkanes) is 6. The van der Waals surface area contributed by atoms with Crippen molar-refractivity contribution in [2.45, 2.75) is 71.6 Å². The molecule has 2 N–H and O–H groups in total. The number of hydrogen-bond donors (Lipinski definition) is 1. The zero-order valence-corrected chi connectivity index (χ0v) is 17.7. The van der Waals surface area contributed by atoms with Gasteiger partial charge in [-0.05, 0) is 12.8 Å². The van der Waals surface area contributed by atoms with Crippen molar-refractivity contribution in [1.82, 2.24) is 9.80 Å². The Balaban J connectivity index is 2.85. The van der Waals surface area contributed by atoms with Gasteiger partial charge in [-0.25, -0.2) is 9.79 Å². The van der Waals surface area contributed by atoms with Crippen molar-refractivity contribution in [2.75, 3.05) is 27.2 Å². The number of allylic oxidation sites excluding steroid dienone is 1. The summed E-state index contributed by atoms with van der Waals surface area (Å²) in [7, 11) is 3.31. The third kappa shape index (κ3) is 8.98. The highest BCUT2D eigenvalue weighted by atomic mass is 16.6. The standard InChI is InChI=1S/C21H38N4O2/c1-5-7-9-11-15-25(16-12-10-8-6-2)17-18-13-14-23-20(22)19(18)27-21(26)24(3)4/h14,17H,5-13,15-16,22H2,1-4H3. The van der Waals surface area contributed by atoms with Crippen molar-refractivity contribution in [3.05, 3.63) is 23.4 Å². The van der Waals surface area contributed by atoms with Gasteiger partial charge in [-0.3, -0.25) is 0 Å². The van der Waals surface area contributed by atoms with E-state index in [0.29, 0.717) is 12.2 Å². The van der Waals surface area contributed by atoms with Crippen LogP contribution in [0.3, 0.4) is 0 Å². The number of amides is 1. The Morgan fingerprint density at radius 1 is 1.11 bits per heavy atom. The van der Waals surface area contributed by atoms with Gasteiger partial charge in [0, 0.05) is 51.6 Å². The lowest BCUT2D eigenvalue weighted by atomic mass is 10.1. The molecule has 0 saturated carbocycles. The summed E-state index contributed by atoms with van der Waals surface area (Å²) in [5.41, 5.74) is 6.92. The number of aliphatic imine (C=N–C) groups is 1. The average Bonchev–Trinajstić information content (AvgIpc) is 2.64. The van der Waals surface area contributed by atoms with Gasteiger partial charge in [0.1, 0.15) is 0 Å². The summed E-state index contributed by atoms with van der Waals surface area (Å²) in [6, 6.07) is 0. The minimum atomic E-state index is -0.437. The minimum absolute atomic E-state index is 0.264. The highest BCUT2D eigenvalue weighted by molar-refractivity contribution is 5.72. The summed E-state index contributed by atoms with van der Waals surface area (Å²) in [5, 5.41) is 0. The fraction of sp³-hybridized carbons (Fsp3) is 0.714. The molecule has 0 saturated heterocycles. The van der Waals surface area contributed by atoms with Crippen LogP contribution in [0.2, 0.25) is 0 Å². The van der Waals surface area contributed by atoms with Crippen molar-refractivity contribution in [3.63, 3.8) is 0 Å². The van der Waals surface area contributed by atoms with Crippen LogP contribution in [0.25, 0.3) is 0 Å². The molecule has 0 atom stereocenters. The maximum Gasteiger partial charge on any atom is 0.414 e. The van der Waals surface area contributed by atoms with Crippen molar-refractivity contribution >= 4 is 12.3 Å². The van der Waals surface area contributed by atoms with Crippen LogP contribution in [-0.2, 0) is 4.74 Å². The maximum absolute atomic E-state index is 12.0. The van der Waals surface area contributed by atoms with Crippen molar-refractivity contribution in [2.24, 2.45) is 10.7 Å². The van der Waals surface area contributed by atoms with E-state index in [0.717, 1.165) is 18.7 Å². The molecule has 0 spiro atoms. The third-order valence-corrected chi connectivity index (χ3v) is 4.56. The van der Waals surface area contributed by atoms with Gasteiger partial charge in [0.15, 0.2) is 11.6 Å². The van der Waals surface area contributed by atoms with Gasteiger partial charge in [0.25, 0.3) is 0 Å². The first-order chi connectivity index (χ1) is 13.0. The third-order valence-electron chi connectivity index (χ3n) is 4.56. The van der Waals surface area contributed by atoms with Gasteiger partial charge in [-0.15, -0.1) is 0 Å². The molecular formula is C21H38N4O2. The maximum atomic E-state index is 12.0. The molecule has 6 nitrogen and oxygen atoms in total. The van der Waals surface area contributed by atoms with E-state index in [-0.39, 0.29) is 5.82 Å². The topological polar surface area (TPSA) is 71.2 Å². The van der Waals surface area contributed by atoms with E-state index in [4.69, 9.17) is 10.5 Å². The molecule has 1 aliphatic rings. The lowest BCUT2D eigenvalue weighted by Gasteiger charge is -2.24. The molecule has 0 aliphatic carbocycles. The van der Waals surface area contributed by atoms with Gasteiger partial charge in [0.05, 0.1) is 0 Å². The quantitative estimate of drug-likeness (QED) is 0.502. The lowest BCUT2D eigenvalue weighted by molar-refractivity contribution is 0.147. The van der Waals surface area contributed by atoms with Crippen LogP contribution in [0.15, 0.2) is 28.3 Å². The Morgan fingerprint density at radius 2 is 1.70 bits per heavy atom. The number of hydrogen-bond acceptors (Lipinski definition) is 5. The van der Waals surface area contributed by atoms with Gasteiger partial charge in [-0.1, -0.05) is 52.4 Å². The zero-order valence-electron chi connectivity index (χ0n) is 17.7. The number of carbonyl (C=O) groups excluding carboxylic acids is 1. The normalized spacial score (nSPS) is 15.3. The molecule has 0 aromatic carbocycles. The van der Waals surface area contributed by atoms with E-state index >= 15 is 0 Å². The Labute approximate surface area is 165 Å². The Hall–Kier alpha value is -1.98. The van der Waals surface area contributed by atoms with Gasteiger partial charge in [-0.2, -0.15) is 0 Å². The molecule has 6 heteroatoms. The first kappa shape index (κ1) is 23.1. The van der Waals surface area contributed by atoms with E-state index in [1.807, 2.05) is 0 Å². The van der Waals surface area contributed by atoms with Crippen molar-refractivity contribution < 1.29 is 9.53 Å². The Bertz CT molecular complexity index is 526. The molecule has 154 valence electrons. The number of rotatable bonds is 12. The summed E-state index contributed by atoms with van der Waals surface area (Å²) >= 11 is 0. The monoisotopic (exact) mass is 378 g/mol. The molecule has 0 fully saturated rings. The largest absolute Gasteiger partial charge is 0.414 e. The molecular weight excluding hydrogens is 340 g/mol. The summed E-state index contributed by atoms with van der Waals surface area (Å²) in [4.78, 5) is 19.9. The molecule has 1 rings (SSSR count). The summed E-state index contributed by atoms with van der Waals surface area (Å²) in [5.74, 6) is 0.655. The van der Waals surface area contributed by atoms with E-state index < -0.39 is 6.09 Å². The SMILES string of the molecule is CCCCCCN(C=C1CC=NC(N)=C1OC(=O)N(C)C)CCCCCC. The number of ether oxygens (including phenoxy) is 1. The molecule has 0 aromatic heterocycles. The van der Waals surface area contributed by atoms with Crippen LogP contribution in [0.4, 0.5) is 4.79 Å². The first-order valence-electron chi connectivity index (χ1n) is 10.4. The van der Waals surface area contributed by atoms with Crippen LogP contribution in [0, 0.1) is 0 Å². The minimum Gasteiger partial charge on any atom is -0.406 e. The number of carbonyl (C=O) groups is 1. The van der Waals surface area contributed by atoms with E-state index in [2.05, 4.69) is 29.9 Å². The first-order valence-corrected chi connectivity index (χ1v) is 10.4. The predicted molar refractivity (Wildman–Crippen MR) is 112 cm³/mol. The second-order valence-corrected chi connectivity index (χ2v) is 7.30. The van der Waals surface area contributed by atoms with E-state index in [9.17, 15) is 4.79 Å². The summed E-state index contributed by atoms with van der Waals surface area (Å²) in [6.07, 6.45) is 13.9. The second kappa shape index (κ2) is 13.2. The number of nitrogens with two attached hydrogens (primary N) is 1. The molecule has 0 radical (unpaired) electrons. The highest BCUT2D eigenvalue weighted by Crippen LogP contribution is 2.23. The van der Waals surface area contributed by atoms with Crippen LogP contribution in [-0.4, -0.2) is 49.3 Å². The van der Waals surface area contributed by atoms with Gasteiger partial charge in [0.2, 0.25) is 0 Å². The van der Waals surface area contributed by atoms with Crippen LogP contribution < -0.4 is 5.73 Å². The molecule has 27 heavy (non-hydrogen) atoms. The molecule has 1 heterocycles. The summed E-state index contributed by atoms with van der Waals surface area (Å²) in [6.45, 7) is 6.48. The van der Waals surface area contributed by atoms with Crippen molar-refractivity contribution in [3.8, 4) is 0 Å². The van der Waals surface area contributed by atoms with Crippen LogP contribution in [0.1, 0.15) is 71.6 Å². The average molecular weight is 379 g/mol. The molecule has 1 aliphatic heterocycles. The van der Waals surface area contributed by atoms with E-state index in [1.165, 1.54) is 56.3 Å². The van der Waals surface area contributed by atoms with Crippen molar-refractivity contribution in [1.29, 1.82) is 0 Å². The molecule has 0 aromatic rings. The molecule has 0 unspecified atom stereocenters. The fourth-order valence-corrected chi connectivity index (χ4v) is 2.91. The predicted octanol–water partition coefficient (Wildman–Crippen LogP) is 4.63. The molecule has 1 amide bonds. The van der Waals surface area contributed by atoms with Crippen LogP contribution in [0.5, 0.6) is 0 Å². The zero-order chi connectivity index (χ0) is 20.1. The van der Waals surface area contributed by atoms with Gasteiger partial charge >= 0.3 is 6.09 Å². The molecule has 0 bridgehead atoms. The highest BCUT2D eigenvalue weighted by Gasteiger charge is 2.20. The lowest BCUT2D eigenvalue weighted by Crippen LogP contribution is -2.26. The number of nitrogens with zero attached hydrogens (tertiary/aromatic N) is 3. The Kier molecular flexibility index (Phi) is 11.3. The smallest absolute Gasteiger partial charge is 0.406 e. The Morgan fingerprint density at radius 3 is 2.22 bits per heavy atom. The van der Waals surface area contributed by atoms with Gasteiger partial charge < -0.3 is 20.3 Å². The summed E-state index contributed by atoms with van der Waals surface area (Å²) < 4.78 is 5.50. The van der Waals surface area contributed by atoms with Crippen LogP contribution >= 0.6 is 0 Å². The van der Waals surface area contributed by atoms with E-state index in [1.54, 1.807) is 20.3 Å². The second-order valence-electron chi connectivity index (χ2n) is 7.30. The fourth-order valence-electron chi connectivity index (χ4n) is 2.91.